The van der Waals surface area contributed by atoms with Crippen LogP contribution in [0.25, 0.3) is 5.57 Å². The van der Waals surface area contributed by atoms with Gasteiger partial charge in [-0.3, -0.25) is 4.55 Å². The number of hydrogen-bond donors (Lipinski definition) is 1. The van der Waals surface area contributed by atoms with E-state index in [4.69, 9.17) is 0 Å². The largest absolute Gasteiger partial charge is 0.372 e. The Morgan fingerprint density at radius 1 is 0.848 bits per heavy atom. The Labute approximate surface area is 197 Å². The molecule has 5 nitrogen and oxygen atoms in total. The Bertz CT molecular complexity index is 1190. The van der Waals surface area contributed by atoms with Crippen LogP contribution < -0.4 is 4.90 Å². The van der Waals surface area contributed by atoms with E-state index in [0.29, 0.717) is 0 Å². The first-order valence-electron chi connectivity index (χ1n) is 11.5. The third kappa shape index (κ3) is 5.70. The van der Waals surface area contributed by atoms with Gasteiger partial charge in [0.05, 0.1) is 4.90 Å². The maximum atomic E-state index is 11.8. The van der Waals surface area contributed by atoms with E-state index in [-0.39, 0.29) is 4.90 Å². The zero-order valence-corrected chi connectivity index (χ0v) is 20.6. The number of rotatable bonds is 8. The SMILES string of the molecule is CCN(CC)c1ccc(C(=C2C=CC(=[N+](CC)CC)C=C2)c2cccc(S(=O)(=O)O)c2)cc1. The summed E-state index contributed by atoms with van der Waals surface area (Å²) in [6.45, 7) is 12.2. The zero-order valence-electron chi connectivity index (χ0n) is 19.8. The second-order valence-corrected chi connectivity index (χ2v) is 9.24. The molecule has 0 amide bonds. The Hall–Kier alpha value is -2.96. The van der Waals surface area contributed by atoms with E-state index in [2.05, 4.69) is 85.7 Å². The molecule has 0 aliphatic heterocycles. The van der Waals surface area contributed by atoms with Crippen molar-refractivity contribution >= 4 is 27.1 Å². The lowest BCUT2D eigenvalue weighted by Crippen LogP contribution is -2.21. The predicted molar refractivity (Wildman–Crippen MR) is 137 cm³/mol. The summed E-state index contributed by atoms with van der Waals surface area (Å²) in [4.78, 5) is 2.17. The summed E-state index contributed by atoms with van der Waals surface area (Å²) in [7, 11) is -4.30. The molecule has 2 aromatic carbocycles. The number of anilines is 1. The monoisotopic (exact) mass is 465 g/mol. The maximum Gasteiger partial charge on any atom is 0.294 e. The van der Waals surface area contributed by atoms with Crippen LogP contribution in [0.3, 0.4) is 0 Å². The molecule has 0 heterocycles. The fraction of sp³-hybridized carbons (Fsp3) is 0.296. The van der Waals surface area contributed by atoms with Crippen LogP contribution in [0, 0.1) is 0 Å². The smallest absolute Gasteiger partial charge is 0.294 e. The summed E-state index contributed by atoms with van der Waals surface area (Å²) in [6.07, 6.45) is 8.33. The quantitative estimate of drug-likeness (QED) is 0.430. The van der Waals surface area contributed by atoms with E-state index >= 15 is 0 Å². The lowest BCUT2D eigenvalue weighted by atomic mass is 9.90. The van der Waals surface area contributed by atoms with E-state index in [1.54, 1.807) is 6.07 Å². The van der Waals surface area contributed by atoms with Crippen molar-refractivity contribution < 1.29 is 17.5 Å². The van der Waals surface area contributed by atoms with Gasteiger partial charge >= 0.3 is 0 Å². The number of nitrogens with zero attached hydrogens (tertiary/aromatic N) is 2. The Morgan fingerprint density at radius 2 is 1.45 bits per heavy atom. The fourth-order valence-electron chi connectivity index (χ4n) is 4.17. The standard InChI is InChI=1S/C27H32N2O3S/c1-5-28(6-2)24-16-12-21(13-17-24)27(23-10-9-11-26(20-23)33(30,31)32)22-14-18-25(19-15-22)29(7-3)8-4/h9-20H,5-8H2,1-4H3/p+1. The summed E-state index contributed by atoms with van der Waals surface area (Å²) >= 11 is 0. The molecule has 1 N–H and O–H groups in total. The Morgan fingerprint density at radius 3 is 1.97 bits per heavy atom. The normalized spacial score (nSPS) is 13.4. The number of benzene rings is 2. The average Bonchev–Trinajstić information content (AvgIpc) is 2.82. The second kappa shape index (κ2) is 10.8. The highest BCUT2D eigenvalue weighted by Crippen LogP contribution is 2.32. The third-order valence-corrected chi connectivity index (χ3v) is 6.84. The molecule has 1 aliphatic carbocycles. The van der Waals surface area contributed by atoms with Gasteiger partial charge in [-0.1, -0.05) is 24.3 Å². The van der Waals surface area contributed by atoms with Crippen LogP contribution in [0.1, 0.15) is 38.8 Å². The van der Waals surface area contributed by atoms with Crippen LogP contribution in [-0.2, 0) is 10.1 Å². The van der Waals surface area contributed by atoms with Crippen molar-refractivity contribution in [3.63, 3.8) is 0 Å². The fourth-order valence-corrected chi connectivity index (χ4v) is 4.69. The molecule has 0 saturated heterocycles. The second-order valence-electron chi connectivity index (χ2n) is 7.82. The van der Waals surface area contributed by atoms with E-state index in [9.17, 15) is 13.0 Å². The lowest BCUT2D eigenvalue weighted by Gasteiger charge is -2.22. The van der Waals surface area contributed by atoms with Crippen LogP contribution in [0.4, 0.5) is 5.69 Å². The van der Waals surface area contributed by atoms with Crippen LogP contribution in [0.2, 0.25) is 0 Å². The molecule has 0 atom stereocenters. The van der Waals surface area contributed by atoms with Gasteiger partial charge in [0.2, 0.25) is 0 Å². The van der Waals surface area contributed by atoms with Crippen LogP contribution in [-0.4, -0.2) is 49.4 Å². The summed E-state index contributed by atoms with van der Waals surface area (Å²) in [5.41, 5.74) is 5.90. The van der Waals surface area contributed by atoms with E-state index < -0.39 is 10.1 Å². The molecule has 2 aromatic rings. The molecule has 0 saturated carbocycles. The highest BCUT2D eigenvalue weighted by molar-refractivity contribution is 7.85. The zero-order chi connectivity index (χ0) is 24.0. The molecule has 0 fully saturated rings. The van der Waals surface area contributed by atoms with Crippen molar-refractivity contribution in [3.05, 3.63) is 89.5 Å². The van der Waals surface area contributed by atoms with E-state index in [1.165, 1.54) is 12.1 Å². The van der Waals surface area contributed by atoms with Gasteiger partial charge in [0.25, 0.3) is 10.1 Å². The summed E-state index contributed by atoms with van der Waals surface area (Å²) in [5, 5.41) is 0. The minimum absolute atomic E-state index is 0.114. The molecule has 0 spiro atoms. The minimum atomic E-state index is -4.30. The highest BCUT2D eigenvalue weighted by Gasteiger charge is 2.17. The highest BCUT2D eigenvalue weighted by atomic mass is 32.2. The summed E-state index contributed by atoms with van der Waals surface area (Å²) < 4.78 is 35.4. The van der Waals surface area contributed by atoms with Crippen molar-refractivity contribution in [1.29, 1.82) is 0 Å². The van der Waals surface area contributed by atoms with E-state index in [0.717, 1.165) is 59.9 Å². The van der Waals surface area contributed by atoms with Crippen LogP contribution in [0.5, 0.6) is 0 Å². The number of allylic oxidation sites excluding steroid dienone is 5. The molecular formula is C27H33N2O3S+. The van der Waals surface area contributed by atoms with Gasteiger partial charge in [0, 0.05) is 30.9 Å². The third-order valence-electron chi connectivity index (χ3n) is 5.99. The molecule has 0 aromatic heterocycles. The molecule has 174 valence electrons. The van der Waals surface area contributed by atoms with Crippen molar-refractivity contribution in [2.75, 3.05) is 31.1 Å². The summed E-state index contributed by atoms with van der Waals surface area (Å²) in [5.74, 6) is 0. The van der Waals surface area contributed by atoms with Gasteiger partial charge in [0.15, 0.2) is 5.71 Å². The Balaban J connectivity index is 2.17. The van der Waals surface area contributed by atoms with Gasteiger partial charge < -0.3 is 4.90 Å². The van der Waals surface area contributed by atoms with Gasteiger partial charge in [0.1, 0.15) is 13.1 Å². The number of hydrogen-bond acceptors (Lipinski definition) is 3. The maximum absolute atomic E-state index is 11.8. The molecule has 3 rings (SSSR count). The first-order valence-corrected chi connectivity index (χ1v) is 12.9. The molecule has 6 heteroatoms. The molecular weight excluding hydrogens is 432 g/mol. The van der Waals surface area contributed by atoms with Gasteiger partial charge in [-0.15, -0.1) is 0 Å². The molecule has 0 unspecified atom stereocenters. The predicted octanol–water partition coefficient (Wildman–Crippen LogP) is 5.20. The van der Waals surface area contributed by atoms with Crippen molar-refractivity contribution in [2.45, 2.75) is 32.6 Å². The van der Waals surface area contributed by atoms with Crippen molar-refractivity contribution in [1.82, 2.24) is 0 Å². The van der Waals surface area contributed by atoms with Crippen LogP contribution >= 0.6 is 0 Å². The van der Waals surface area contributed by atoms with Crippen molar-refractivity contribution in [3.8, 4) is 0 Å². The average molecular weight is 466 g/mol. The van der Waals surface area contributed by atoms with Gasteiger partial charge in [-0.05, 0) is 86.4 Å². The van der Waals surface area contributed by atoms with Gasteiger partial charge in [-0.2, -0.15) is 8.42 Å². The van der Waals surface area contributed by atoms with Gasteiger partial charge in [-0.25, -0.2) is 4.58 Å². The Kier molecular flexibility index (Phi) is 8.06. The summed E-state index contributed by atoms with van der Waals surface area (Å²) in [6, 6.07) is 14.8. The first-order chi connectivity index (χ1) is 15.8. The van der Waals surface area contributed by atoms with Crippen LogP contribution in [0.15, 0.2) is 83.3 Å². The molecule has 1 aliphatic rings. The topological polar surface area (TPSA) is 60.6 Å². The van der Waals surface area contributed by atoms with Crippen molar-refractivity contribution in [2.24, 2.45) is 0 Å². The molecule has 33 heavy (non-hydrogen) atoms. The van der Waals surface area contributed by atoms with E-state index in [1.807, 2.05) is 6.07 Å². The first kappa shape index (κ1) is 24.7. The molecule has 0 bridgehead atoms. The minimum Gasteiger partial charge on any atom is -0.372 e. The molecule has 0 radical (unpaired) electrons. The lowest BCUT2D eigenvalue weighted by molar-refractivity contribution is -0.519.